The lowest BCUT2D eigenvalue weighted by atomic mass is 9.95. The second kappa shape index (κ2) is 9.00. The van der Waals surface area contributed by atoms with Gasteiger partial charge >= 0.3 is 12.1 Å². The van der Waals surface area contributed by atoms with Crippen LogP contribution < -0.4 is 5.32 Å². The number of nitrogens with one attached hydrogen (secondary N) is 1. The summed E-state index contributed by atoms with van der Waals surface area (Å²) in [7, 11) is 0. The van der Waals surface area contributed by atoms with E-state index in [1.807, 2.05) is 48.5 Å². The van der Waals surface area contributed by atoms with Crippen LogP contribution in [0.5, 0.6) is 0 Å². The predicted octanol–water partition coefficient (Wildman–Crippen LogP) is 2.21. The van der Waals surface area contributed by atoms with Gasteiger partial charge in [0.05, 0.1) is 12.0 Å². The molecule has 0 bridgehead atoms. The molecule has 1 heterocycles. The Bertz CT molecular complexity index is 993. The van der Waals surface area contributed by atoms with E-state index in [1.165, 1.54) is 11.8 Å². The topological polar surface area (TPSA) is 116 Å². The number of fused-ring (bicyclic) bond motifs is 3. The highest BCUT2D eigenvalue weighted by Gasteiger charge is 2.35. The number of hydrogen-bond donors (Lipinski definition) is 3. The summed E-state index contributed by atoms with van der Waals surface area (Å²) in [4.78, 5) is 37.6. The molecule has 1 saturated heterocycles. The minimum atomic E-state index is -1.06. The van der Waals surface area contributed by atoms with Crippen molar-refractivity contribution in [3.63, 3.8) is 0 Å². The van der Waals surface area contributed by atoms with Crippen molar-refractivity contribution in [3.05, 3.63) is 59.7 Å². The molecule has 2 amide bonds. The Morgan fingerprint density at radius 3 is 2.25 bits per heavy atom. The summed E-state index contributed by atoms with van der Waals surface area (Å²) in [6.07, 6.45) is -1.52. The van der Waals surface area contributed by atoms with Crippen LogP contribution in [0.15, 0.2) is 48.5 Å². The molecule has 2 aliphatic rings. The third-order valence-electron chi connectivity index (χ3n) is 6.14. The summed E-state index contributed by atoms with van der Waals surface area (Å²) < 4.78 is 5.46. The zero-order valence-corrected chi connectivity index (χ0v) is 17.7. The first kappa shape index (κ1) is 21.8. The number of β-amino-alcohol motifs (C(OH)–C–C–N with tert-alkyl or cyclic N) is 1. The Balaban J connectivity index is 1.36. The Kier molecular flexibility index (Phi) is 6.14. The van der Waals surface area contributed by atoms with Crippen LogP contribution in [-0.4, -0.2) is 64.9 Å². The number of aliphatic hydroxyl groups excluding tert-OH is 1. The van der Waals surface area contributed by atoms with Crippen molar-refractivity contribution >= 4 is 18.0 Å². The van der Waals surface area contributed by atoms with Gasteiger partial charge in [-0.05, 0) is 35.6 Å². The van der Waals surface area contributed by atoms with Crippen molar-refractivity contribution in [3.8, 4) is 11.1 Å². The minimum Gasteiger partial charge on any atom is -0.481 e. The molecule has 1 aliphatic heterocycles. The van der Waals surface area contributed by atoms with Gasteiger partial charge in [-0.3, -0.25) is 9.59 Å². The summed E-state index contributed by atoms with van der Waals surface area (Å²) in [5.74, 6) is -2.43. The molecule has 2 unspecified atom stereocenters. The number of nitrogens with zero attached hydrogens (tertiary/aromatic N) is 1. The number of benzene rings is 2. The van der Waals surface area contributed by atoms with Crippen LogP contribution in [0.25, 0.3) is 11.1 Å². The molecule has 0 aromatic heterocycles. The zero-order valence-electron chi connectivity index (χ0n) is 17.7. The molecule has 0 saturated carbocycles. The van der Waals surface area contributed by atoms with Crippen LogP contribution in [0.4, 0.5) is 4.79 Å². The number of hydrogen-bond acceptors (Lipinski definition) is 5. The molecule has 4 rings (SSSR count). The number of aliphatic carboxylic acids is 1. The fraction of sp³-hybridized carbons (Fsp3) is 0.375. The molecule has 8 heteroatoms. The van der Waals surface area contributed by atoms with Gasteiger partial charge in [0.25, 0.3) is 0 Å². The van der Waals surface area contributed by atoms with E-state index in [9.17, 15) is 24.6 Å². The van der Waals surface area contributed by atoms with Crippen molar-refractivity contribution < 1.29 is 29.3 Å². The van der Waals surface area contributed by atoms with Crippen molar-refractivity contribution in [2.24, 2.45) is 5.92 Å². The Labute approximate surface area is 185 Å². The normalized spacial score (nSPS) is 20.8. The number of amides is 2. The number of aliphatic hydroxyl groups is 1. The van der Waals surface area contributed by atoms with Crippen LogP contribution in [-0.2, 0) is 14.3 Å². The van der Waals surface area contributed by atoms with Gasteiger partial charge in [0.1, 0.15) is 12.6 Å². The summed E-state index contributed by atoms with van der Waals surface area (Å²) in [6, 6.07) is 15.1. The van der Waals surface area contributed by atoms with Crippen LogP contribution in [0.1, 0.15) is 30.4 Å². The van der Waals surface area contributed by atoms with Crippen molar-refractivity contribution in [1.29, 1.82) is 0 Å². The molecule has 0 spiro atoms. The highest BCUT2D eigenvalue weighted by atomic mass is 16.5. The fourth-order valence-electron chi connectivity index (χ4n) is 4.58. The standard InChI is InChI=1S/C24H26N2O6/c1-14(22(28)26-11-15(23(29)30)10-16(27)12-26)25-24(31)32-13-21-19-8-4-2-6-17(19)18-7-3-5-9-20(18)21/h2-9,14-16,21,27H,10-13H2,1H3,(H,25,31)(H,29,30)/t14-,15?,16?/m0/s1. The summed E-state index contributed by atoms with van der Waals surface area (Å²) >= 11 is 0. The highest BCUT2D eigenvalue weighted by molar-refractivity contribution is 5.86. The molecule has 2 aromatic carbocycles. The third kappa shape index (κ3) is 4.31. The number of ether oxygens (including phenoxy) is 1. The number of piperidine rings is 1. The van der Waals surface area contributed by atoms with Gasteiger partial charge in [-0.25, -0.2) is 4.79 Å². The van der Waals surface area contributed by atoms with Crippen LogP contribution in [0.3, 0.4) is 0 Å². The third-order valence-corrected chi connectivity index (χ3v) is 6.14. The van der Waals surface area contributed by atoms with E-state index in [4.69, 9.17) is 4.74 Å². The Morgan fingerprint density at radius 1 is 1.06 bits per heavy atom. The molecule has 8 nitrogen and oxygen atoms in total. The van der Waals surface area contributed by atoms with Gasteiger partial charge in [-0.1, -0.05) is 48.5 Å². The second-order valence-corrected chi connectivity index (χ2v) is 8.36. The Morgan fingerprint density at radius 2 is 1.66 bits per heavy atom. The van der Waals surface area contributed by atoms with E-state index in [0.717, 1.165) is 22.3 Å². The predicted molar refractivity (Wildman–Crippen MR) is 116 cm³/mol. The van der Waals surface area contributed by atoms with E-state index in [2.05, 4.69) is 5.32 Å². The number of carboxylic acid groups (broad SMARTS) is 1. The number of likely N-dealkylation sites (tertiary alicyclic amines) is 1. The molecule has 32 heavy (non-hydrogen) atoms. The molecular formula is C24H26N2O6. The lowest BCUT2D eigenvalue weighted by Crippen LogP contribution is -2.54. The molecule has 3 atom stereocenters. The number of carboxylic acids is 1. The van der Waals surface area contributed by atoms with E-state index in [0.29, 0.717) is 0 Å². The monoisotopic (exact) mass is 438 g/mol. The smallest absolute Gasteiger partial charge is 0.407 e. The van der Waals surface area contributed by atoms with E-state index >= 15 is 0 Å². The van der Waals surface area contributed by atoms with Crippen LogP contribution >= 0.6 is 0 Å². The SMILES string of the molecule is C[C@H](NC(=O)OCC1c2ccccc2-c2ccccc21)C(=O)N1CC(O)CC(C(=O)O)C1. The average Bonchev–Trinajstić information content (AvgIpc) is 3.10. The van der Waals surface area contributed by atoms with Crippen LogP contribution in [0.2, 0.25) is 0 Å². The number of carbonyl (C=O) groups is 3. The maximum atomic E-state index is 12.7. The number of rotatable bonds is 5. The maximum absolute atomic E-state index is 12.7. The quantitative estimate of drug-likeness (QED) is 0.659. The van der Waals surface area contributed by atoms with Crippen molar-refractivity contribution in [1.82, 2.24) is 10.2 Å². The molecule has 2 aromatic rings. The zero-order chi connectivity index (χ0) is 22.8. The van der Waals surface area contributed by atoms with E-state index in [1.54, 1.807) is 0 Å². The minimum absolute atomic E-state index is 0.00192. The van der Waals surface area contributed by atoms with Gasteiger partial charge < -0.3 is 25.2 Å². The van der Waals surface area contributed by atoms with Gasteiger partial charge in [0, 0.05) is 19.0 Å². The number of alkyl carbamates (subject to hydrolysis) is 1. The van der Waals surface area contributed by atoms with Crippen molar-refractivity contribution in [2.75, 3.05) is 19.7 Å². The molecular weight excluding hydrogens is 412 g/mol. The van der Waals surface area contributed by atoms with Crippen LogP contribution in [0, 0.1) is 5.92 Å². The first-order chi connectivity index (χ1) is 15.3. The second-order valence-electron chi connectivity index (χ2n) is 8.36. The highest BCUT2D eigenvalue weighted by Crippen LogP contribution is 2.44. The van der Waals surface area contributed by atoms with Gasteiger partial charge in [0.2, 0.25) is 5.91 Å². The largest absolute Gasteiger partial charge is 0.481 e. The Hall–Kier alpha value is -3.39. The first-order valence-corrected chi connectivity index (χ1v) is 10.7. The van der Waals surface area contributed by atoms with Gasteiger partial charge in [-0.15, -0.1) is 0 Å². The summed E-state index contributed by atoms with van der Waals surface area (Å²) in [6.45, 7) is 1.69. The molecule has 1 aliphatic carbocycles. The fourth-order valence-corrected chi connectivity index (χ4v) is 4.58. The van der Waals surface area contributed by atoms with E-state index in [-0.39, 0.29) is 32.0 Å². The first-order valence-electron chi connectivity index (χ1n) is 10.7. The molecule has 168 valence electrons. The molecule has 3 N–H and O–H groups in total. The summed E-state index contributed by atoms with van der Waals surface area (Å²) in [5, 5.41) is 21.6. The lowest BCUT2D eigenvalue weighted by molar-refractivity contribution is -0.149. The van der Waals surface area contributed by atoms with Crippen molar-refractivity contribution in [2.45, 2.75) is 31.4 Å². The lowest BCUT2D eigenvalue weighted by Gasteiger charge is -2.35. The van der Waals surface area contributed by atoms with Gasteiger partial charge in [-0.2, -0.15) is 0 Å². The van der Waals surface area contributed by atoms with E-state index < -0.39 is 36.0 Å². The molecule has 1 fully saturated rings. The summed E-state index contributed by atoms with van der Waals surface area (Å²) in [5.41, 5.74) is 4.43. The van der Waals surface area contributed by atoms with Gasteiger partial charge in [0.15, 0.2) is 0 Å². The number of carbonyl (C=O) groups excluding carboxylic acids is 2. The average molecular weight is 438 g/mol. The molecule has 0 radical (unpaired) electrons. The maximum Gasteiger partial charge on any atom is 0.407 e.